The summed E-state index contributed by atoms with van der Waals surface area (Å²) in [6.07, 6.45) is 2.02. The lowest BCUT2D eigenvalue weighted by Gasteiger charge is -2.35. The normalized spacial score (nSPS) is 24.7. The first kappa shape index (κ1) is 68.1. The predicted octanol–water partition coefficient (Wildman–Crippen LogP) is 8.26. The third kappa shape index (κ3) is 17.1. The van der Waals surface area contributed by atoms with Crippen molar-refractivity contribution in [2.45, 2.75) is 220 Å². The molecule has 1 aliphatic heterocycles. The minimum absolute atomic E-state index is 0.0865. The Bertz CT molecular complexity index is 2880. The van der Waals surface area contributed by atoms with Gasteiger partial charge in [-0.2, -0.15) is 10.2 Å². The lowest BCUT2D eigenvalue weighted by atomic mass is 9.99. The smallest absolute Gasteiger partial charge is 0.329 e. The van der Waals surface area contributed by atoms with Crippen LogP contribution in [0, 0.1) is 23.7 Å². The summed E-state index contributed by atoms with van der Waals surface area (Å²) in [5.41, 5.74) is 5.67. The molecule has 3 aliphatic rings. The summed E-state index contributed by atoms with van der Waals surface area (Å²) in [6, 6.07) is 14.0. The summed E-state index contributed by atoms with van der Waals surface area (Å²) in [5, 5.41) is 9.18. The van der Waals surface area contributed by atoms with Gasteiger partial charge in [0.25, 0.3) is 23.6 Å². The van der Waals surface area contributed by atoms with Gasteiger partial charge >= 0.3 is 23.9 Å². The summed E-state index contributed by atoms with van der Waals surface area (Å²) < 4.78 is 28.4. The Morgan fingerprint density at radius 3 is 0.943 bits per heavy atom. The number of rotatable bonds is 18. The van der Waals surface area contributed by atoms with Gasteiger partial charge in [0.15, 0.2) is 24.4 Å². The van der Waals surface area contributed by atoms with Crippen molar-refractivity contribution < 1.29 is 57.3 Å². The maximum atomic E-state index is 15.1. The molecule has 88 heavy (non-hydrogen) atoms. The maximum Gasteiger partial charge on any atom is 0.329 e. The average molecular weight is 1220 g/mol. The van der Waals surface area contributed by atoms with Crippen LogP contribution >= 0.6 is 0 Å². The summed E-state index contributed by atoms with van der Waals surface area (Å²) in [5.74, 6) is -7.36. The van der Waals surface area contributed by atoms with Gasteiger partial charge in [-0.05, 0) is 123 Å². The van der Waals surface area contributed by atoms with Crippen molar-refractivity contribution in [1.29, 1.82) is 0 Å². The molecule has 2 aromatic heterocycles. The number of nitrogens with zero attached hydrogens (tertiary/aromatic N) is 8. The maximum absolute atomic E-state index is 15.1. The second-order valence-corrected chi connectivity index (χ2v) is 27.3. The molecule has 3 heterocycles. The van der Waals surface area contributed by atoms with E-state index in [0.717, 1.165) is 58.0 Å². The molecule has 4 aromatic rings. The first-order valence-corrected chi connectivity index (χ1v) is 31.5. The number of aromatic nitrogens is 4. The highest BCUT2D eigenvalue weighted by molar-refractivity contribution is 5.94. The lowest BCUT2D eigenvalue weighted by molar-refractivity contribution is -0.176. The Morgan fingerprint density at radius 1 is 0.409 bits per heavy atom. The van der Waals surface area contributed by atoms with Gasteiger partial charge in [-0.25, -0.2) is 19.2 Å². The van der Waals surface area contributed by atoms with E-state index < -0.39 is 96.1 Å². The van der Waals surface area contributed by atoms with E-state index in [1.54, 1.807) is 12.4 Å². The summed E-state index contributed by atoms with van der Waals surface area (Å²) in [6.45, 7) is 23.1. The number of ether oxygens (including phenoxy) is 4. The fourth-order valence-corrected chi connectivity index (χ4v) is 11.6. The Balaban J connectivity index is 1.24. The molecular formula is C68H96N8O12. The van der Waals surface area contributed by atoms with E-state index in [4.69, 9.17) is 18.9 Å². The number of carbonyl (C=O) groups is 8. The van der Waals surface area contributed by atoms with Crippen molar-refractivity contribution in [3.05, 3.63) is 107 Å². The van der Waals surface area contributed by atoms with Gasteiger partial charge in [-0.15, -0.1) is 0 Å². The molecule has 480 valence electrons. The standard InChI is InChI=1S/C68H96N8O12/c1-41(2)33-51-63(81)85-45(9)59(77)71(13)54(36-44(7)8)66(84)88-56(38-48-19-23-50(24-20-48)40-76-58(26-32-70-76)68(12)29-30-68)62(80)74(16)52(34-42(3)4)64(82)86-46(10)60(78)72(14)53(35-43(5)6)65(83)87-55(61(79)73(51)15)37-47-17-21-49(22-18-47)39-75-57(25-31-69-75)67(11)27-28-67/h17-26,31-32,41-46,51-56H,27-30,33-40H2,1-16H3/t45-,46-,51+,52+,53+,54+,55-,56-/m1/s1. The third-order valence-corrected chi connectivity index (χ3v) is 17.7. The largest absolute Gasteiger partial charge is 0.451 e. The molecule has 20 nitrogen and oxygen atoms in total. The molecule has 4 amide bonds. The molecule has 0 unspecified atom stereocenters. The zero-order valence-corrected chi connectivity index (χ0v) is 54.8. The van der Waals surface area contributed by atoms with Crippen molar-refractivity contribution in [2.24, 2.45) is 23.7 Å². The van der Waals surface area contributed by atoms with E-state index >= 15 is 9.59 Å². The molecule has 2 aliphatic carbocycles. The number of carbonyl (C=O) groups excluding carboxylic acids is 8. The van der Waals surface area contributed by atoms with Gasteiger partial charge < -0.3 is 38.5 Å². The summed E-state index contributed by atoms with van der Waals surface area (Å²) in [7, 11) is 5.63. The lowest BCUT2D eigenvalue weighted by Crippen LogP contribution is -2.55. The first-order valence-electron chi connectivity index (χ1n) is 31.5. The quantitative estimate of drug-likeness (QED) is 0.0676. The Labute approximate surface area is 520 Å². The number of benzene rings is 2. The minimum atomic E-state index is -1.53. The molecule has 0 bridgehead atoms. The van der Waals surface area contributed by atoms with Gasteiger partial charge in [-0.3, -0.25) is 28.5 Å². The van der Waals surface area contributed by atoms with Crippen LogP contribution in [-0.2, 0) is 94.1 Å². The van der Waals surface area contributed by atoms with Gasteiger partial charge in [-0.1, -0.05) is 118 Å². The second kappa shape index (κ2) is 28.8. The van der Waals surface area contributed by atoms with Crippen molar-refractivity contribution in [1.82, 2.24) is 39.2 Å². The van der Waals surface area contributed by atoms with Crippen LogP contribution in [0.3, 0.4) is 0 Å². The average Bonchev–Trinajstić information content (AvgIpc) is 3.78. The fraction of sp³-hybridized carbons (Fsp3) is 0.618. The van der Waals surface area contributed by atoms with Crippen LogP contribution < -0.4 is 0 Å². The van der Waals surface area contributed by atoms with Crippen LogP contribution in [0.5, 0.6) is 0 Å². The second-order valence-electron chi connectivity index (χ2n) is 27.3. The van der Waals surface area contributed by atoms with Crippen LogP contribution in [0.4, 0.5) is 0 Å². The van der Waals surface area contributed by atoms with E-state index in [0.29, 0.717) is 24.2 Å². The van der Waals surface area contributed by atoms with Crippen LogP contribution in [-0.4, -0.2) is 163 Å². The highest BCUT2D eigenvalue weighted by Crippen LogP contribution is 2.48. The van der Waals surface area contributed by atoms with Gasteiger partial charge in [0.05, 0.1) is 13.1 Å². The highest BCUT2D eigenvalue weighted by Gasteiger charge is 2.45. The zero-order chi connectivity index (χ0) is 64.7. The molecule has 0 N–H and O–H groups in total. The summed E-state index contributed by atoms with van der Waals surface area (Å²) >= 11 is 0. The van der Waals surface area contributed by atoms with Crippen LogP contribution in [0.2, 0.25) is 0 Å². The minimum Gasteiger partial charge on any atom is -0.451 e. The van der Waals surface area contributed by atoms with E-state index in [1.807, 2.05) is 125 Å². The van der Waals surface area contributed by atoms with Gasteiger partial charge in [0.2, 0.25) is 0 Å². The Kier molecular flexibility index (Phi) is 22.3. The molecule has 20 heteroatoms. The molecule has 1 saturated heterocycles. The zero-order valence-electron chi connectivity index (χ0n) is 54.8. The molecule has 0 radical (unpaired) electrons. The molecule has 2 saturated carbocycles. The van der Waals surface area contributed by atoms with Crippen LogP contribution in [0.15, 0.2) is 73.1 Å². The first-order chi connectivity index (χ1) is 41.4. The molecule has 3 fully saturated rings. The number of amides is 4. The van der Waals surface area contributed by atoms with E-state index in [2.05, 4.69) is 24.0 Å². The molecular weight excluding hydrogens is 1120 g/mol. The van der Waals surface area contributed by atoms with Crippen molar-refractivity contribution in [2.75, 3.05) is 28.2 Å². The van der Waals surface area contributed by atoms with Crippen LogP contribution in [0.1, 0.15) is 168 Å². The highest BCUT2D eigenvalue weighted by atomic mass is 16.6. The van der Waals surface area contributed by atoms with E-state index in [-0.39, 0.29) is 73.0 Å². The Morgan fingerprint density at radius 2 is 0.670 bits per heavy atom. The third-order valence-electron chi connectivity index (χ3n) is 17.7. The number of hydrogen-bond donors (Lipinski definition) is 0. The van der Waals surface area contributed by atoms with Crippen molar-refractivity contribution in [3.63, 3.8) is 0 Å². The number of likely N-dealkylation sites (N-methyl/N-ethyl adjacent to an activating group) is 4. The van der Waals surface area contributed by atoms with Crippen molar-refractivity contribution in [3.8, 4) is 0 Å². The number of esters is 4. The molecule has 8 atom stereocenters. The van der Waals surface area contributed by atoms with Gasteiger partial charge in [0, 0.05) is 75.6 Å². The molecule has 2 aromatic carbocycles. The van der Waals surface area contributed by atoms with E-state index in [9.17, 15) is 28.8 Å². The number of cyclic esters (lactones) is 4. The van der Waals surface area contributed by atoms with Crippen molar-refractivity contribution >= 4 is 47.5 Å². The molecule has 0 spiro atoms. The Hall–Kier alpha value is -7.38. The number of hydrogen-bond acceptors (Lipinski definition) is 14. The van der Waals surface area contributed by atoms with Crippen LogP contribution in [0.25, 0.3) is 0 Å². The monoisotopic (exact) mass is 1220 g/mol. The molecule has 7 rings (SSSR count). The van der Waals surface area contributed by atoms with E-state index in [1.165, 1.54) is 51.8 Å². The summed E-state index contributed by atoms with van der Waals surface area (Å²) in [4.78, 5) is 123. The topological polar surface area (TPSA) is 222 Å². The van der Waals surface area contributed by atoms with Gasteiger partial charge in [0.1, 0.15) is 24.2 Å². The predicted molar refractivity (Wildman–Crippen MR) is 331 cm³/mol. The fourth-order valence-electron chi connectivity index (χ4n) is 11.6. The SMILES string of the molecule is CC(C)C[C@H]1C(=O)O[C@H](Cc2ccc(Cn3nccc3C3(C)CC3)cc2)C(=O)N(C)[C@@H](CC(C)C)C(=O)O[C@H](C)C(=O)N(C)[C@@H](CC(C)C)C(=O)O[C@H](Cc2ccc(Cn3nccc3C3(C)CC3)cc2)C(=O)N(C)[C@@H](CC(C)C)C(=O)O[C@H](C)C(=O)N1C.